The van der Waals surface area contributed by atoms with Gasteiger partial charge >= 0.3 is 0 Å². The molecule has 3 aromatic rings. The monoisotopic (exact) mass is 442 g/mol. The molecular formula is C22H23ClN4O2S. The zero-order valence-electron chi connectivity index (χ0n) is 16.7. The molecule has 0 amide bonds. The van der Waals surface area contributed by atoms with Crippen molar-refractivity contribution >= 4 is 28.9 Å². The van der Waals surface area contributed by atoms with Crippen LogP contribution >= 0.6 is 23.8 Å². The van der Waals surface area contributed by atoms with Crippen LogP contribution in [0.3, 0.4) is 0 Å². The summed E-state index contributed by atoms with van der Waals surface area (Å²) < 4.78 is 1.99. The summed E-state index contributed by atoms with van der Waals surface area (Å²) in [6.45, 7) is 4.40. The Morgan fingerprint density at radius 1 is 1.20 bits per heavy atom. The molecule has 1 aromatic carbocycles. The van der Waals surface area contributed by atoms with Gasteiger partial charge < -0.3 is 25.0 Å². The third-order valence-electron chi connectivity index (χ3n) is 5.51. The Morgan fingerprint density at radius 3 is 2.70 bits per heavy atom. The number of thiocarbonyl (C=S) groups is 1. The second-order valence-electron chi connectivity index (χ2n) is 7.34. The average Bonchev–Trinajstić information content (AvgIpc) is 3.21. The van der Waals surface area contributed by atoms with Gasteiger partial charge in [-0.2, -0.15) is 0 Å². The van der Waals surface area contributed by atoms with Gasteiger partial charge in [-0.3, -0.25) is 4.98 Å². The van der Waals surface area contributed by atoms with Crippen LogP contribution in [0.4, 0.5) is 0 Å². The lowest BCUT2D eigenvalue weighted by Crippen LogP contribution is -2.32. The number of phenols is 1. The first-order valence-electron chi connectivity index (χ1n) is 9.69. The first-order valence-corrected chi connectivity index (χ1v) is 10.5. The molecule has 8 heteroatoms. The lowest BCUT2D eigenvalue weighted by molar-refractivity contribution is 0.223. The molecule has 2 aromatic heterocycles. The van der Waals surface area contributed by atoms with E-state index in [-0.39, 0.29) is 24.4 Å². The summed E-state index contributed by atoms with van der Waals surface area (Å²) in [5, 5.41) is 24.6. The fourth-order valence-corrected chi connectivity index (χ4v) is 4.72. The number of halogens is 1. The third-order valence-corrected chi connectivity index (χ3v) is 6.09. The summed E-state index contributed by atoms with van der Waals surface area (Å²) >= 11 is 11.8. The van der Waals surface area contributed by atoms with E-state index in [9.17, 15) is 10.2 Å². The van der Waals surface area contributed by atoms with Crippen LogP contribution in [0, 0.1) is 13.8 Å². The molecule has 1 aliphatic rings. The number of aliphatic hydroxyl groups is 1. The molecule has 0 saturated carbocycles. The Balaban J connectivity index is 1.86. The van der Waals surface area contributed by atoms with E-state index in [1.807, 2.05) is 41.5 Å². The molecule has 0 spiro atoms. The Hall–Kier alpha value is -2.61. The van der Waals surface area contributed by atoms with Gasteiger partial charge in [0.2, 0.25) is 0 Å². The predicted molar refractivity (Wildman–Crippen MR) is 121 cm³/mol. The van der Waals surface area contributed by atoms with Crippen molar-refractivity contribution in [3.05, 3.63) is 76.3 Å². The van der Waals surface area contributed by atoms with E-state index in [1.165, 1.54) is 0 Å². The van der Waals surface area contributed by atoms with Crippen molar-refractivity contribution in [1.29, 1.82) is 0 Å². The number of β-amino-alcohol motifs (C(OH)–C–C–N with tert-alkyl or cyclic N) is 1. The largest absolute Gasteiger partial charge is 0.506 e. The first-order chi connectivity index (χ1) is 14.4. The minimum Gasteiger partial charge on any atom is -0.506 e. The van der Waals surface area contributed by atoms with Gasteiger partial charge in [-0.1, -0.05) is 17.7 Å². The molecule has 2 unspecified atom stereocenters. The van der Waals surface area contributed by atoms with E-state index in [0.717, 1.165) is 22.6 Å². The minimum atomic E-state index is -0.160. The molecule has 0 bridgehead atoms. The molecule has 0 aliphatic carbocycles. The molecule has 1 saturated heterocycles. The molecular weight excluding hydrogens is 420 g/mol. The van der Waals surface area contributed by atoms with Crippen LogP contribution in [-0.4, -0.2) is 42.9 Å². The number of hydrogen-bond donors (Lipinski definition) is 3. The summed E-state index contributed by atoms with van der Waals surface area (Å²) in [5.41, 5.74) is 4.47. The van der Waals surface area contributed by atoms with Crippen molar-refractivity contribution < 1.29 is 10.2 Å². The zero-order chi connectivity index (χ0) is 21.4. The molecule has 1 aliphatic heterocycles. The van der Waals surface area contributed by atoms with E-state index >= 15 is 0 Å². The Morgan fingerprint density at radius 2 is 2.00 bits per heavy atom. The van der Waals surface area contributed by atoms with Crippen molar-refractivity contribution in [1.82, 2.24) is 19.8 Å². The van der Waals surface area contributed by atoms with Gasteiger partial charge in [0.25, 0.3) is 0 Å². The number of rotatable bonds is 5. The lowest BCUT2D eigenvalue weighted by Gasteiger charge is -2.27. The van der Waals surface area contributed by atoms with Crippen LogP contribution in [0.5, 0.6) is 5.75 Å². The fourth-order valence-electron chi connectivity index (χ4n) is 4.23. The molecule has 0 radical (unpaired) electrons. The number of benzene rings is 1. The number of aromatic hydroxyl groups is 1. The maximum atomic E-state index is 10.5. The SMILES string of the molecule is Cc1cc(C2C(c3ccccn3)NC(=S)N2CCO)c(C)n1-c1cc(Cl)ccc1O. The smallest absolute Gasteiger partial charge is 0.170 e. The predicted octanol–water partition coefficient (Wildman–Crippen LogP) is 3.81. The van der Waals surface area contributed by atoms with Crippen LogP contribution in [-0.2, 0) is 0 Å². The molecule has 1 fully saturated rings. The van der Waals surface area contributed by atoms with Gasteiger partial charge in [0.1, 0.15) is 5.75 Å². The minimum absolute atomic E-state index is 0.0128. The highest BCUT2D eigenvalue weighted by molar-refractivity contribution is 7.80. The highest BCUT2D eigenvalue weighted by atomic mass is 35.5. The summed E-state index contributed by atoms with van der Waals surface area (Å²) in [4.78, 5) is 6.53. The number of nitrogens with zero attached hydrogens (tertiary/aromatic N) is 3. The van der Waals surface area contributed by atoms with Gasteiger partial charge in [-0.25, -0.2) is 0 Å². The van der Waals surface area contributed by atoms with Crippen molar-refractivity contribution in [3.8, 4) is 11.4 Å². The molecule has 2 atom stereocenters. The molecule has 6 nitrogen and oxygen atoms in total. The van der Waals surface area contributed by atoms with Gasteiger partial charge in [0, 0.05) is 29.2 Å². The molecule has 3 heterocycles. The molecule has 3 N–H and O–H groups in total. The standard InChI is InChI=1S/C22H23ClN4O2S/c1-13-11-16(14(2)27(13)18-12-15(23)6-7-19(18)29)21-20(17-5-3-4-8-24-17)25-22(30)26(21)9-10-28/h3-8,11-12,20-21,28-29H,9-10H2,1-2H3,(H,25,30). The van der Waals surface area contributed by atoms with E-state index in [0.29, 0.717) is 22.4 Å². The van der Waals surface area contributed by atoms with Crippen LogP contribution in [0.15, 0.2) is 48.7 Å². The molecule has 156 valence electrons. The van der Waals surface area contributed by atoms with E-state index in [1.54, 1.807) is 24.4 Å². The van der Waals surface area contributed by atoms with Crippen molar-refractivity contribution in [2.45, 2.75) is 25.9 Å². The number of aryl methyl sites for hydroxylation is 1. The van der Waals surface area contributed by atoms with Gasteiger partial charge in [0.05, 0.1) is 30.1 Å². The normalized spacial score (nSPS) is 18.7. The quantitative estimate of drug-likeness (QED) is 0.522. The highest BCUT2D eigenvalue weighted by Gasteiger charge is 2.41. The second kappa shape index (κ2) is 8.26. The van der Waals surface area contributed by atoms with Crippen molar-refractivity contribution in [2.24, 2.45) is 0 Å². The first kappa shape index (κ1) is 20.7. The summed E-state index contributed by atoms with van der Waals surface area (Å²) in [7, 11) is 0. The molecule has 30 heavy (non-hydrogen) atoms. The lowest BCUT2D eigenvalue weighted by atomic mass is 9.97. The van der Waals surface area contributed by atoms with Crippen molar-refractivity contribution in [2.75, 3.05) is 13.2 Å². The van der Waals surface area contributed by atoms with Gasteiger partial charge in [-0.05, 0) is 68.0 Å². The third kappa shape index (κ3) is 3.53. The van der Waals surface area contributed by atoms with Crippen LogP contribution in [0.1, 0.15) is 34.7 Å². The fraction of sp³-hybridized carbons (Fsp3) is 0.273. The maximum absolute atomic E-state index is 10.5. The van der Waals surface area contributed by atoms with E-state index < -0.39 is 0 Å². The Bertz CT molecular complexity index is 1090. The summed E-state index contributed by atoms with van der Waals surface area (Å²) in [5.74, 6) is 0.154. The highest BCUT2D eigenvalue weighted by Crippen LogP contribution is 2.42. The average molecular weight is 443 g/mol. The van der Waals surface area contributed by atoms with Gasteiger partial charge in [0.15, 0.2) is 5.11 Å². The van der Waals surface area contributed by atoms with Crippen LogP contribution in [0.2, 0.25) is 5.02 Å². The van der Waals surface area contributed by atoms with Gasteiger partial charge in [-0.15, -0.1) is 0 Å². The number of hydrogen-bond acceptors (Lipinski definition) is 4. The number of phenolic OH excluding ortho intramolecular Hbond substituents is 1. The second-order valence-corrected chi connectivity index (χ2v) is 8.16. The van der Waals surface area contributed by atoms with Crippen LogP contribution in [0.25, 0.3) is 5.69 Å². The summed E-state index contributed by atoms with van der Waals surface area (Å²) in [6, 6.07) is 12.6. The zero-order valence-corrected chi connectivity index (χ0v) is 18.3. The number of aliphatic hydroxyl groups excluding tert-OH is 1. The van der Waals surface area contributed by atoms with E-state index in [4.69, 9.17) is 23.8 Å². The summed E-state index contributed by atoms with van der Waals surface area (Å²) in [6.07, 6.45) is 1.76. The van der Waals surface area contributed by atoms with Crippen molar-refractivity contribution in [3.63, 3.8) is 0 Å². The number of aromatic nitrogens is 2. The topological polar surface area (TPSA) is 73.5 Å². The Kier molecular flexibility index (Phi) is 5.69. The van der Waals surface area contributed by atoms with E-state index in [2.05, 4.69) is 16.4 Å². The molecule has 4 rings (SSSR count). The number of pyridine rings is 1. The van der Waals surface area contributed by atoms with Crippen LogP contribution < -0.4 is 5.32 Å². The number of nitrogens with one attached hydrogen (secondary N) is 1. The maximum Gasteiger partial charge on any atom is 0.170 e. The Labute approximate surface area is 185 Å².